The number of hydrogen-bond donors (Lipinski definition) is 0. The molecule has 0 aliphatic rings. The van der Waals surface area contributed by atoms with Gasteiger partial charge in [0, 0.05) is 5.82 Å². The molecule has 10 heavy (non-hydrogen) atoms. The van der Waals surface area contributed by atoms with E-state index in [-0.39, 0.29) is 57.2 Å². The monoisotopic (exact) mass is 182 g/mol. The fourth-order valence-corrected chi connectivity index (χ4v) is 0.676. The molecule has 0 saturated heterocycles. The minimum atomic E-state index is -0.342. The number of benzene rings is 1. The Morgan fingerprint density at radius 1 is 1.60 bits per heavy atom. The number of hydrogen-bond acceptors (Lipinski definition) is 0. The summed E-state index contributed by atoms with van der Waals surface area (Å²) in [5.74, 6) is -0.342. The smallest absolute Gasteiger partial charge is 0.284 e. The molecule has 3 heteroatoms. The van der Waals surface area contributed by atoms with Gasteiger partial charge in [0.05, 0.1) is 0 Å². The second-order valence-corrected chi connectivity index (χ2v) is 2.20. The molecule has 0 N–H and O–H groups in total. The molecule has 0 spiro atoms. The van der Waals surface area contributed by atoms with E-state index in [1.165, 1.54) is 12.1 Å². The van der Waals surface area contributed by atoms with Gasteiger partial charge < -0.3 is 0 Å². The van der Waals surface area contributed by atoms with Crippen LogP contribution in [0.1, 0.15) is 5.56 Å². The molecule has 0 bridgehead atoms. The third kappa shape index (κ3) is 2.99. The van der Waals surface area contributed by atoms with E-state index < -0.39 is 0 Å². The Labute approximate surface area is 107 Å². The Morgan fingerprint density at radius 2 is 2.20 bits per heavy atom. The van der Waals surface area contributed by atoms with Crippen LogP contribution in [0, 0.1) is 18.8 Å². The van der Waals surface area contributed by atoms with Crippen molar-refractivity contribution in [1.82, 2.24) is 0 Å². The molecule has 1 rings (SSSR count). The third-order valence-electron chi connectivity index (χ3n) is 1.05. The van der Waals surface area contributed by atoms with Gasteiger partial charge in [0.15, 0.2) is 0 Å². The van der Waals surface area contributed by atoms with Gasteiger partial charge in [0.25, 0.3) is 0 Å². The molecule has 0 atom stereocenters. The van der Waals surface area contributed by atoms with Crippen molar-refractivity contribution in [3.63, 3.8) is 0 Å². The SMILES string of the molecule is Cc1[c-]cc(F)cc1Cl.[K+]. The standard InChI is InChI=1S/C7H5ClF.K/c1-5-2-3-6(9)4-7(5)8;/h3-4H,1H3;/q-1;+1. The fraction of sp³-hybridized carbons (Fsp3) is 0.143. The summed E-state index contributed by atoms with van der Waals surface area (Å²) >= 11 is 5.54. The summed E-state index contributed by atoms with van der Waals surface area (Å²) in [7, 11) is 0. The quantitative estimate of drug-likeness (QED) is 0.378. The van der Waals surface area contributed by atoms with Crippen LogP contribution in [0.3, 0.4) is 0 Å². The Balaban J connectivity index is 0.000000810. The van der Waals surface area contributed by atoms with Crippen LogP contribution in [0.5, 0.6) is 0 Å². The first-order chi connectivity index (χ1) is 4.20. The van der Waals surface area contributed by atoms with E-state index in [1.54, 1.807) is 6.92 Å². The predicted octanol–water partition coefficient (Wildman–Crippen LogP) is -0.408. The van der Waals surface area contributed by atoms with Gasteiger partial charge >= 0.3 is 51.4 Å². The van der Waals surface area contributed by atoms with Crippen molar-refractivity contribution in [2.24, 2.45) is 0 Å². The summed E-state index contributed by atoms with van der Waals surface area (Å²) in [6, 6.07) is 5.20. The van der Waals surface area contributed by atoms with Crippen molar-refractivity contribution in [2.45, 2.75) is 6.92 Å². The third-order valence-corrected chi connectivity index (χ3v) is 1.44. The molecular formula is C7H5ClFK. The van der Waals surface area contributed by atoms with Gasteiger partial charge in [0.2, 0.25) is 0 Å². The average Bonchev–Trinajstić information content (AvgIpc) is 1.80. The zero-order valence-corrected chi connectivity index (χ0v) is 9.79. The molecule has 0 radical (unpaired) electrons. The van der Waals surface area contributed by atoms with Crippen molar-refractivity contribution in [3.8, 4) is 0 Å². The molecule has 0 aliphatic heterocycles. The molecule has 0 amide bonds. The Bertz CT molecular complexity index is 225. The normalized spacial score (nSPS) is 8.70. The molecule has 0 unspecified atom stereocenters. The van der Waals surface area contributed by atoms with Gasteiger partial charge in [-0.15, -0.1) is 17.7 Å². The summed E-state index contributed by atoms with van der Waals surface area (Å²) in [5.41, 5.74) is 0.776. The van der Waals surface area contributed by atoms with E-state index in [4.69, 9.17) is 11.6 Å². The molecule has 0 aliphatic carbocycles. The molecule has 1 aromatic carbocycles. The zero-order chi connectivity index (χ0) is 6.85. The summed E-state index contributed by atoms with van der Waals surface area (Å²) in [6.45, 7) is 1.78. The predicted molar refractivity (Wildman–Crippen MR) is 35.0 cm³/mol. The van der Waals surface area contributed by atoms with E-state index >= 15 is 0 Å². The summed E-state index contributed by atoms with van der Waals surface area (Å²) < 4.78 is 12.2. The van der Waals surface area contributed by atoms with Crippen molar-refractivity contribution in [1.29, 1.82) is 0 Å². The van der Waals surface area contributed by atoms with Crippen molar-refractivity contribution in [3.05, 3.63) is 34.6 Å². The summed E-state index contributed by atoms with van der Waals surface area (Å²) in [5, 5.41) is 0.426. The van der Waals surface area contributed by atoms with E-state index in [1.807, 2.05) is 0 Å². The zero-order valence-electron chi connectivity index (χ0n) is 5.91. The molecule has 0 nitrogen and oxygen atoms in total. The maximum Gasteiger partial charge on any atom is 1.00 e. The maximum absolute atomic E-state index is 12.2. The van der Waals surface area contributed by atoms with Crippen LogP contribution in [0.25, 0.3) is 0 Å². The molecule has 0 saturated carbocycles. The first-order valence-corrected chi connectivity index (χ1v) is 2.91. The molecule has 48 valence electrons. The minimum Gasteiger partial charge on any atom is -0.284 e. The fourth-order valence-electron chi connectivity index (χ4n) is 0.517. The maximum atomic E-state index is 12.2. The van der Waals surface area contributed by atoms with Gasteiger partial charge in [0.1, 0.15) is 0 Å². The molecular weight excluding hydrogens is 178 g/mol. The van der Waals surface area contributed by atoms with E-state index in [9.17, 15) is 4.39 Å². The van der Waals surface area contributed by atoms with E-state index in [0.29, 0.717) is 5.02 Å². The molecule has 0 fully saturated rings. The first kappa shape index (κ1) is 11.1. The van der Waals surface area contributed by atoms with Crippen LogP contribution in [0.2, 0.25) is 5.02 Å². The van der Waals surface area contributed by atoms with Crippen molar-refractivity contribution < 1.29 is 55.8 Å². The van der Waals surface area contributed by atoms with Gasteiger partial charge in [-0.3, -0.25) is 4.39 Å². The average molecular weight is 183 g/mol. The Kier molecular flexibility index (Phi) is 5.38. The Hall–Kier alpha value is 1.08. The number of rotatable bonds is 0. The van der Waals surface area contributed by atoms with Gasteiger partial charge in [-0.25, -0.2) is 0 Å². The van der Waals surface area contributed by atoms with Crippen molar-refractivity contribution >= 4 is 11.6 Å². The van der Waals surface area contributed by atoms with Crippen molar-refractivity contribution in [2.75, 3.05) is 0 Å². The largest absolute Gasteiger partial charge is 1.00 e. The van der Waals surface area contributed by atoms with Crippen LogP contribution in [-0.4, -0.2) is 0 Å². The number of aryl methyl sites for hydroxylation is 1. The summed E-state index contributed by atoms with van der Waals surface area (Å²) in [4.78, 5) is 0. The van der Waals surface area contributed by atoms with Crippen LogP contribution < -0.4 is 51.4 Å². The summed E-state index contributed by atoms with van der Waals surface area (Å²) in [6.07, 6.45) is 0. The van der Waals surface area contributed by atoms with E-state index in [0.717, 1.165) is 5.56 Å². The molecule has 0 aromatic heterocycles. The van der Waals surface area contributed by atoms with Gasteiger partial charge in [-0.2, -0.15) is 17.7 Å². The van der Waals surface area contributed by atoms with Gasteiger partial charge in [-0.1, -0.05) is 11.9 Å². The number of halogens is 2. The minimum absolute atomic E-state index is 0. The second kappa shape index (κ2) is 4.85. The molecule has 1 aromatic rings. The van der Waals surface area contributed by atoms with Crippen LogP contribution >= 0.6 is 11.6 Å². The van der Waals surface area contributed by atoms with Crippen LogP contribution in [0.15, 0.2) is 12.1 Å². The first-order valence-electron chi connectivity index (χ1n) is 2.53. The second-order valence-electron chi connectivity index (χ2n) is 1.79. The van der Waals surface area contributed by atoms with Crippen LogP contribution in [0.4, 0.5) is 4.39 Å². The van der Waals surface area contributed by atoms with E-state index in [2.05, 4.69) is 6.07 Å². The van der Waals surface area contributed by atoms with Crippen LogP contribution in [-0.2, 0) is 0 Å². The topological polar surface area (TPSA) is 0 Å². The Morgan fingerprint density at radius 3 is 2.60 bits per heavy atom. The molecule has 0 heterocycles. The van der Waals surface area contributed by atoms with Gasteiger partial charge in [-0.05, 0) is 0 Å².